The second kappa shape index (κ2) is 17.6. The van der Waals surface area contributed by atoms with Crippen LogP contribution in [-0.4, -0.2) is 88.0 Å². The zero-order chi connectivity index (χ0) is 36.2. The normalized spacial score (nSPS) is 26.4. The molecule has 0 heterocycles. The monoisotopic (exact) mass is 682 g/mol. The maximum Gasteiger partial charge on any atom is 0.407 e. The van der Waals surface area contributed by atoms with Crippen LogP contribution in [0.1, 0.15) is 93.9 Å². The van der Waals surface area contributed by atoms with Gasteiger partial charge < -0.3 is 45.0 Å². The van der Waals surface area contributed by atoms with Crippen LogP contribution < -0.4 is 21.3 Å². The van der Waals surface area contributed by atoms with Crippen molar-refractivity contribution in [3.63, 3.8) is 0 Å². The first-order valence-corrected chi connectivity index (χ1v) is 16.8. The van der Waals surface area contributed by atoms with Gasteiger partial charge >= 0.3 is 30.3 Å². The molecule has 2 aliphatic rings. The van der Waals surface area contributed by atoms with Crippen molar-refractivity contribution in [2.24, 2.45) is 21.7 Å². The van der Waals surface area contributed by atoms with Gasteiger partial charge in [0.05, 0.1) is 6.61 Å². The Labute approximate surface area is 285 Å². The van der Waals surface area contributed by atoms with E-state index >= 15 is 0 Å². The Hall–Kier alpha value is -3.71. The van der Waals surface area contributed by atoms with E-state index in [0.717, 1.165) is 31.8 Å². The van der Waals surface area contributed by atoms with Crippen molar-refractivity contribution in [1.29, 1.82) is 0 Å². The van der Waals surface area contributed by atoms with Crippen molar-refractivity contribution in [1.82, 2.24) is 21.3 Å². The summed E-state index contributed by atoms with van der Waals surface area (Å²) in [6.45, 7) is 20.0. The molecule has 5 atom stereocenters. The average molecular weight is 683 g/mol. The van der Waals surface area contributed by atoms with Crippen LogP contribution in [0.4, 0.5) is 19.2 Å². The number of amides is 4. The third kappa shape index (κ3) is 15.0. The highest BCUT2D eigenvalue weighted by atomic mass is 16.6. The summed E-state index contributed by atoms with van der Waals surface area (Å²) in [7, 11) is 0. The smallest absolute Gasteiger partial charge is 0.407 e. The number of carbonyl (C=O) groups excluding carboxylic acids is 5. The molecular weight excluding hydrogens is 624 g/mol. The van der Waals surface area contributed by atoms with Crippen molar-refractivity contribution in [3.8, 4) is 0 Å². The molecular formula is C34H58N4O10. The molecule has 0 saturated heterocycles. The van der Waals surface area contributed by atoms with Crippen LogP contribution >= 0.6 is 0 Å². The molecule has 4 N–H and O–H groups in total. The molecule has 0 bridgehead atoms. The van der Waals surface area contributed by atoms with E-state index in [1.54, 1.807) is 13.8 Å². The maximum absolute atomic E-state index is 12.6. The SMILES string of the molecule is C=CC(=O)OCC(C)OC(=O)NCC1(C)CC(NC(=O)OCCOC(=O)NCC2(C)CC(NC(=O)OCC)CC(C)(C)C2)CC(C)(C)C1. The first kappa shape index (κ1) is 40.5. The number of rotatable bonds is 14. The van der Waals surface area contributed by atoms with Gasteiger partial charge in [-0.2, -0.15) is 0 Å². The Balaban J connectivity index is 1.74. The summed E-state index contributed by atoms with van der Waals surface area (Å²) in [4.78, 5) is 60.6. The van der Waals surface area contributed by atoms with E-state index in [-0.39, 0.29) is 53.6 Å². The summed E-state index contributed by atoms with van der Waals surface area (Å²) < 4.78 is 25.8. The highest BCUT2D eigenvalue weighted by Gasteiger charge is 2.43. The molecule has 0 aromatic rings. The van der Waals surface area contributed by atoms with E-state index in [1.807, 2.05) is 6.92 Å². The molecule has 0 spiro atoms. The highest BCUT2D eigenvalue weighted by molar-refractivity contribution is 5.81. The predicted molar refractivity (Wildman–Crippen MR) is 178 cm³/mol. The van der Waals surface area contributed by atoms with Gasteiger partial charge in [-0.05, 0) is 74.0 Å². The van der Waals surface area contributed by atoms with Gasteiger partial charge in [-0.25, -0.2) is 24.0 Å². The van der Waals surface area contributed by atoms with Crippen LogP contribution in [0.3, 0.4) is 0 Å². The quantitative estimate of drug-likeness (QED) is 0.0824. The molecule has 0 aliphatic heterocycles. The number of ether oxygens (including phenoxy) is 5. The number of alkyl carbamates (subject to hydrolysis) is 4. The van der Waals surface area contributed by atoms with Crippen LogP contribution in [-0.2, 0) is 28.5 Å². The number of hydrogen-bond donors (Lipinski definition) is 4. The maximum atomic E-state index is 12.6. The fourth-order valence-corrected chi connectivity index (χ4v) is 7.70. The minimum Gasteiger partial charge on any atom is -0.459 e. The number of hydrogen-bond acceptors (Lipinski definition) is 10. The van der Waals surface area contributed by atoms with Crippen molar-refractivity contribution in [2.75, 3.05) is 39.5 Å². The van der Waals surface area contributed by atoms with Crippen LogP contribution in [0.2, 0.25) is 0 Å². The van der Waals surface area contributed by atoms with E-state index < -0.39 is 36.4 Å². The molecule has 2 rings (SSSR count). The molecule has 0 radical (unpaired) electrons. The van der Waals surface area contributed by atoms with E-state index in [4.69, 9.17) is 23.7 Å². The molecule has 2 aliphatic carbocycles. The molecule has 5 unspecified atom stereocenters. The zero-order valence-corrected chi connectivity index (χ0v) is 30.1. The largest absolute Gasteiger partial charge is 0.459 e. The number of carbonyl (C=O) groups is 5. The molecule has 4 amide bonds. The van der Waals surface area contributed by atoms with Gasteiger partial charge in [0.2, 0.25) is 0 Å². The van der Waals surface area contributed by atoms with Crippen molar-refractivity contribution >= 4 is 30.3 Å². The summed E-state index contributed by atoms with van der Waals surface area (Å²) >= 11 is 0. The van der Waals surface area contributed by atoms with Gasteiger partial charge in [0.15, 0.2) is 0 Å². The van der Waals surface area contributed by atoms with Crippen LogP contribution in [0.25, 0.3) is 0 Å². The summed E-state index contributed by atoms with van der Waals surface area (Å²) in [6, 6.07) is -0.271. The molecule has 14 heteroatoms. The minimum absolute atomic E-state index is 0.0412. The van der Waals surface area contributed by atoms with Gasteiger partial charge in [-0.1, -0.05) is 48.1 Å². The number of nitrogens with one attached hydrogen (secondary N) is 4. The van der Waals surface area contributed by atoms with Crippen molar-refractivity contribution < 1.29 is 47.7 Å². The molecule has 274 valence electrons. The first-order chi connectivity index (χ1) is 22.3. The first-order valence-electron chi connectivity index (χ1n) is 16.8. The lowest BCUT2D eigenvalue weighted by Gasteiger charge is -2.46. The Bertz CT molecular complexity index is 1140. The zero-order valence-electron chi connectivity index (χ0n) is 30.1. The molecule has 0 aromatic heterocycles. The average Bonchev–Trinajstić information content (AvgIpc) is 2.94. The highest BCUT2D eigenvalue weighted by Crippen LogP contribution is 2.47. The van der Waals surface area contributed by atoms with E-state index in [0.29, 0.717) is 32.5 Å². The fraction of sp³-hybridized carbons (Fsp3) is 0.794. The fourth-order valence-electron chi connectivity index (χ4n) is 7.70. The van der Waals surface area contributed by atoms with Gasteiger partial charge in [0.1, 0.15) is 25.9 Å². The summed E-state index contributed by atoms with van der Waals surface area (Å²) in [5.41, 5.74) is -0.763. The van der Waals surface area contributed by atoms with Gasteiger partial charge in [0.25, 0.3) is 0 Å². The Morgan fingerprint density at radius 1 is 0.708 bits per heavy atom. The van der Waals surface area contributed by atoms with E-state index in [2.05, 4.69) is 62.5 Å². The third-order valence-electron chi connectivity index (χ3n) is 8.61. The lowest BCUT2D eigenvalue weighted by atomic mass is 9.62. The molecule has 0 aromatic carbocycles. The lowest BCUT2D eigenvalue weighted by Crippen LogP contribution is -2.50. The van der Waals surface area contributed by atoms with Gasteiger partial charge in [-0.3, -0.25) is 0 Å². The van der Waals surface area contributed by atoms with Gasteiger partial charge in [-0.15, -0.1) is 0 Å². The van der Waals surface area contributed by atoms with Crippen molar-refractivity contribution in [3.05, 3.63) is 12.7 Å². The second-order valence-electron chi connectivity index (χ2n) is 15.6. The molecule has 14 nitrogen and oxygen atoms in total. The Kier molecular flexibility index (Phi) is 14.9. The van der Waals surface area contributed by atoms with Crippen LogP contribution in [0.15, 0.2) is 12.7 Å². The van der Waals surface area contributed by atoms with E-state index in [9.17, 15) is 24.0 Å². The van der Waals surface area contributed by atoms with Crippen LogP contribution in [0, 0.1) is 21.7 Å². The molecule has 2 saturated carbocycles. The van der Waals surface area contributed by atoms with Crippen LogP contribution in [0.5, 0.6) is 0 Å². The summed E-state index contributed by atoms with van der Waals surface area (Å²) in [5.74, 6) is -0.594. The topological polar surface area (TPSA) is 180 Å². The number of esters is 1. The second-order valence-corrected chi connectivity index (χ2v) is 15.6. The third-order valence-corrected chi connectivity index (χ3v) is 8.61. The molecule has 2 fully saturated rings. The summed E-state index contributed by atoms with van der Waals surface area (Å²) in [5, 5.41) is 11.5. The predicted octanol–water partition coefficient (Wildman–Crippen LogP) is 5.20. The van der Waals surface area contributed by atoms with Crippen molar-refractivity contribution in [2.45, 2.75) is 112 Å². The van der Waals surface area contributed by atoms with Gasteiger partial charge in [0, 0.05) is 31.2 Å². The van der Waals surface area contributed by atoms with E-state index in [1.165, 1.54) is 0 Å². The minimum atomic E-state index is -0.634. The Morgan fingerprint density at radius 3 is 1.65 bits per heavy atom. The summed E-state index contributed by atoms with van der Waals surface area (Å²) in [6.07, 6.45) is 2.60. The standard InChI is InChI=1S/C34H58N4O10/c1-10-26(39)47-18-23(3)48-28(41)36-22-34(9)17-25(15-32(6,7)20-34)38-30(43)46-13-12-45-27(40)35-21-33(8)16-24(14-31(4,5)19-33)37-29(42)44-11-2/h10,23-25H,1,11-22H2,2-9H3,(H,35,40)(H,36,41)(H,37,42)(H,38,43). The Morgan fingerprint density at radius 2 is 1.17 bits per heavy atom. The molecule has 48 heavy (non-hydrogen) atoms. The lowest BCUT2D eigenvalue weighted by molar-refractivity contribution is -0.140.